The van der Waals surface area contributed by atoms with Gasteiger partial charge in [0.1, 0.15) is 12.4 Å². The number of benzene rings is 3. The molecule has 3 aromatic rings. The Hall–Kier alpha value is -4.33. The summed E-state index contributed by atoms with van der Waals surface area (Å²) < 4.78 is 5.84. The summed E-state index contributed by atoms with van der Waals surface area (Å²) in [5.74, 6) is -0.124. The van der Waals surface area contributed by atoms with Crippen molar-refractivity contribution in [1.29, 1.82) is 0 Å². The number of nitrogens with two attached hydrogens (primary N) is 1. The Bertz CT molecular complexity index is 1170. The first-order chi connectivity index (χ1) is 16.6. The lowest BCUT2D eigenvalue weighted by atomic mass is 9.87. The lowest BCUT2D eigenvalue weighted by molar-refractivity contribution is 0.0846. The molecule has 0 radical (unpaired) electrons. The van der Waals surface area contributed by atoms with Crippen molar-refractivity contribution in [1.82, 2.24) is 16.2 Å². The van der Waals surface area contributed by atoms with Gasteiger partial charge in [0.15, 0.2) is 0 Å². The molecule has 0 aliphatic heterocycles. The molecule has 0 saturated heterocycles. The van der Waals surface area contributed by atoms with Crippen LogP contribution < -0.4 is 26.6 Å². The van der Waals surface area contributed by atoms with Crippen molar-refractivity contribution >= 4 is 17.8 Å². The number of urea groups is 1. The van der Waals surface area contributed by atoms with E-state index in [1.165, 1.54) is 5.56 Å². The SMILES string of the molecule is CC(C)(C)c1ccc(OCc2ccc(C(=O)NNC(=O)c3ccc(CNC(N)=O)cc3)cc2)cc1. The molecular weight excluding hydrogens is 444 g/mol. The third-order valence-corrected chi connectivity index (χ3v) is 5.31. The van der Waals surface area contributed by atoms with Gasteiger partial charge in [-0.15, -0.1) is 0 Å². The maximum Gasteiger partial charge on any atom is 0.312 e. The third kappa shape index (κ3) is 7.60. The highest BCUT2D eigenvalue weighted by molar-refractivity contribution is 5.99. The molecule has 3 aromatic carbocycles. The minimum absolute atomic E-state index is 0.0872. The summed E-state index contributed by atoms with van der Waals surface area (Å²) >= 11 is 0. The van der Waals surface area contributed by atoms with Crippen molar-refractivity contribution in [3.05, 3.63) is 101 Å². The van der Waals surface area contributed by atoms with E-state index in [0.717, 1.165) is 16.9 Å². The molecule has 182 valence electrons. The van der Waals surface area contributed by atoms with E-state index in [-0.39, 0.29) is 12.0 Å². The van der Waals surface area contributed by atoms with E-state index in [1.807, 2.05) is 12.1 Å². The summed E-state index contributed by atoms with van der Waals surface area (Å²) in [5, 5.41) is 2.47. The first-order valence-corrected chi connectivity index (χ1v) is 11.2. The molecule has 0 aromatic heterocycles. The van der Waals surface area contributed by atoms with Gasteiger partial charge in [0.25, 0.3) is 11.8 Å². The molecule has 0 atom stereocenters. The Balaban J connectivity index is 1.47. The van der Waals surface area contributed by atoms with Crippen LogP contribution in [0.3, 0.4) is 0 Å². The smallest absolute Gasteiger partial charge is 0.312 e. The normalized spacial score (nSPS) is 10.8. The number of hydrogen-bond donors (Lipinski definition) is 4. The average Bonchev–Trinajstić information content (AvgIpc) is 2.85. The second-order valence-corrected chi connectivity index (χ2v) is 9.08. The van der Waals surface area contributed by atoms with E-state index < -0.39 is 17.8 Å². The van der Waals surface area contributed by atoms with Crippen LogP contribution in [0.5, 0.6) is 5.75 Å². The van der Waals surface area contributed by atoms with Gasteiger partial charge in [-0.3, -0.25) is 20.4 Å². The molecule has 35 heavy (non-hydrogen) atoms. The van der Waals surface area contributed by atoms with Crippen molar-refractivity contribution in [2.24, 2.45) is 5.73 Å². The number of carbonyl (C=O) groups is 3. The van der Waals surface area contributed by atoms with Crippen molar-refractivity contribution in [2.75, 3.05) is 0 Å². The molecule has 0 aliphatic rings. The third-order valence-electron chi connectivity index (χ3n) is 5.31. The Morgan fingerprint density at radius 1 is 0.743 bits per heavy atom. The number of carbonyl (C=O) groups excluding carboxylic acids is 3. The number of nitrogens with one attached hydrogen (secondary N) is 3. The number of hydrogen-bond acceptors (Lipinski definition) is 4. The average molecular weight is 475 g/mol. The van der Waals surface area contributed by atoms with Crippen molar-refractivity contribution < 1.29 is 19.1 Å². The summed E-state index contributed by atoms with van der Waals surface area (Å²) in [4.78, 5) is 35.4. The van der Waals surface area contributed by atoms with Crippen LogP contribution in [0.25, 0.3) is 0 Å². The van der Waals surface area contributed by atoms with Gasteiger partial charge in [-0.1, -0.05) is 57.2 Å². The highest BCUT2D eigenvalue weighted by Gasteiger charge is 2.13. The van der Waals surface area contributed by atoms with Gasteiger partial charge in [-0.2, -0.15) is 0 Å². The standard InChI is InChI=1S/C27H30N4O4/c1-27(2,3)22-12-14-23(15-13-22)35-17-19-6-10-21(11-7-19)25(33)31-30-24(32)20-8-4-18(5-9-20)16-29-26(28)34/h4-15H,16-17H2,1-3H3,(H,30,32)(H,31,33)(H3,28,29,34). The monoisotopic (exact) mass is 474 g/mol. The largest absolute Gasteiger partial charge is 0.489 e. The van der Waals surface area contributed by atoms with Crippen LogP contribution in [-0.2, 0) is 18.6 Å². The van der Waals surface area contributed by atoms with Crippen molar-refractivity contribution in [2.45, 2.75) is 39.3 Å². The fraction of sp³-hybridized carbons (Fsp3) is 0.222. The van der Waals surface area contributed by atoms with Gasteiger partial charge < -0.3 is 15.8 Å². The van der Waals surface area contributed by atoms with Gasteiger partial charge in [-0.05, 0) is 58.5 Å². The summed E-state index contributed by atoms with van der Waals surface area (Å²) in [6.07, 6.45) is 0. The summed E-state index contributed by atoms with van der Waals surface area (Å²) in [6, 6.07) is 20.9. The summed E-state index contributed by atoms with van der Waals surface area (Å²) in [5.41, 5.74) is 13.6. The zero-order valence-corrected chi connectivity index (χ0v) is 20.1. The molecule has 5 N–H and O–H groups in total. The number of primary amides is 1. The number of ether oxygens (including phenoxy) is 1. The Morgan fingerprint density at radius 2 is 1.23 bits per heavy atom. The van der Waals surface area contributed by atoms with E-state index in [1.54, 1.807) is 48.5 Å². The van der Waals surface area contributed by atoms with Crippen LogP contribution in [0, 0.1) is 0 Å². The highest BCUT2D eigenvalue weighted by atomic mass is 16.5. The molecule has 4 amide bonds. The van der Waals surface area contributed by atoms with Crippen LogP contribution in [0.15, 0.2) is 72.8 Å². The van der Waals surface area contributed by atoms with E-state index in [4.69, 9.17) is 10.5 Å². The number of amides is 4. The van der Waals surface area contributed by atoms with Gasteiger partial charge in [0, 0.05) is 17.7 Å². The second-order valence-electron chi connectivity index (χ2n) is 9.08. The number of rotatable bonds is 7. The predicted molar refractivity (Wildman–Crippen MR) is 134 cm³/mol. The minimum Gasteiger partial charge on any atom is -0.489 e. The first-order valence-electron chi connectivity index (χ1n) is 11.2. The molecule has 0 unspecified atom stereocenters. The van der Waals surface area contributed by atoms with E-state index in [9.17, 15) is 14.4 Å². The Kier molecular flexibility index (Phi) is 8.09. The maximum absolute atomic E-state index is 12.4. The minimum atomic E-state index is -0.624. The topological polar surface area (TPSA) is 123 Å². The Morgan fingerprint density at radius 3 is 1.69 bits per heavy atom. The lowest BCUT2D eigenvalue weighted by Gasteiger charge is -2.19. The summed E-state index contributed by atoms with van der Waals surface area (Å²) in [6.45, 7) is 7.13. The molecule has 3 rings (SSSR count). The molecule has 0 fully saturated rings. The number of hydrazine groups is 1. The van der Waals surface area contributed by atoms with Gasteiger partial charge in [0.2, 0.25) is 0 Å². The molecule has 0 saturated carbocycles. The fourth-order valence-corrected chi connectivity index (χ4v) is 3.19. The summed E-state index contributed by atoms with van der Waals surface area (Å²) in [7, 11) is 0. The zero-order valence-electron chi connectivity index (χ0n) is 20.1. The molecule has 0 spiro atoms. The second kappa shape index (κ2) is 11.2. The molecule has 0 heterocycles. The van der Waals surface area contributed by atoms with Crippen LogP contribution >= 0.6 is 0 Å². The van der Waals surface area contributed by atoms with Gasteiger partial charge >= 0.3 is 6.03 Å². The quantitative estimate of drug-likeness (QED) is 0.389. The van der Waals surface area contributed by atoms with E-state index in [2.05, 4.69) is 49.1 Å². The lowest BCUT2D eigenvalue weighted by Crippen LogP contribution is -2.41. The first kappa shape index (κ1) is 25.3. The Labute approximate surface area is 204 Å². The van der Waals surface area contributed by atoms with Gasteiger partial charge in [-0.25, -0.2) is 4.79 Å². The zero-order chi connectivity index (χ0) is 25.4. The fourth-order valence-electron chi connectivity index (χ4n) is 3.19. The van der Waals surface area contributed by atoms with Gasteiger partial charge in [0.05, 0.1) is 0 Å². The van der Waals surface area contributed by atoms with Crippen molar-refractivity contribution in [3.63, 3.8) is 0 Å². The molecule has 0 aliphatic carbocycles. The maximum atomic E-state index is 12.4. The molecule has 8 nitrogen and oxygen atoms in total. The van der Waals surface area contributed by atoms with E-state index in [0.29, 0.717) is 17.7 Å². The van der Waals surface area contributed by atoms with Crippen molar-refractivity contribution in [3.8, 4) is 5.75 Å². The van der Waals surface area contributed by atoms with Crippen LogP contribution in [0.1, 0.15) is 58.2 Å². The van der Waals surface area contributed by atoms with Crippen LogP contribution in [-0.4, -0.2) is 17.8 Å². The van der Waals surface area contributed by atoms with Crippen LogP contribution in [0.2, 0.25) is 0 Å². The van der Waals surface area contributed by atoms with Crippen LogP contribution in [0.4, 0.5) is 4.79 Å². The predicted octanol–water partition coefficient (Wildman–Crippen LogP) is 3.81. The van der Waals surface area contributed by atoms with E-state index >= 15 is 0 Å². The highest BCUT2D eigenvalue weighted by Crippen LogP contribution is 2.24. The molecule has 0 bridgehead atoms. The molecular formula is C27H30N4O4. The molecule has 8 heteroatoms.